The molecule has 0 bridgehead atoms. The number of amides is 3. The molecule has 0 radical (unpaired) electrons. The van der Waals surface area contributed by atoms with Crippen molar-refractivity contribution in [1.82, 2.24) is 10.2 Å². The highest BCUT2D eigenvalue weighted by Gasteiger charge is 2.28. The SMILES string of the molecule is O=C(OCCOc1ccccc1Cl)c1ccc(CN2C(=O)CNC2=O)cc1. The molecule has 2 aromatic carbocycles. The molecule has 1 fully saturated rings. The molecule has 1 heterocycles. The summed E-state index contributed by atoms with van der Waals surface area (Å²) in [5.74, 6) is -0.235. The van der Waals surface area contributed by atoms with Gasteiger partial charge in [-0.1, -0.05) is 35.9 Å². The van der Waals surface area contributed by atoms with Gasteiger partial charge in [-0.25, -0.2) is 9.59 Å². The first-order chi connectivity index (χ1) is 13.0. The summed E-state index contributed by atoms with van der Waals surface area (Å²) < 4.78 is 10.6. The lowest BCUT2D eigenvalue weighted by Crippen LogP contribution is -2.30. The molecule has 0 unspecified atom stereocenters. The normalized spacial score (nSPS) is 13.4. The predicted molar refractivity (Wildman–Crippen MR) is 97.6 cm³/mol. The van der Waals surface area contributed by atoms with Crippen LogP contribution in [0.4, 0.5) is 4.79 Å². The third kappa shape index (κ3) is 4.77. The van der Waals surface area contributed by atoms with E-state index in [-0.39, 0.29) is 32.2 Å². The van der Waals surface area contributed by atoms with Crippen molar-refractivity contribution in [2.24, 2.45) is 0 Å². The number of nitrogens with one attached hydrogen (secondary N) is 1. The van der Waals surface area contributed by atoms with E-state index >= 15 is 0 Å². The number of hydrogen-bond donors (Lipinski definition) is 1. The topological polar surface area (TPSA) is 84.9 Å². The van der Waals surface area contributed by atoms with E-state index < -0.39 is 12.0 Å². The van der Waals surface area contributed by atoms with E-state index in [2.05, 4.69) is 5.32 Å². The number of nitrogens with zero attached hydrogens (tertiary/aromatic N) is 1. The van der Waals surface area contributed by atoms with E-state index in [1.165, 1.54) is 0 Å². The van der Waals surface area contributed by atoms with Crippen molar-refractivity contribution in [1.29, 1.82) is 0 Å². The quantitative estimate of drug-likeness (QED) is 0.447. The van der Waals surface area contributed by atoms with Gasteiger partial charge in [0, 0.05) is 0 Å². The molecule has 0 aliphatic carbocycles. The van der Waals surface area contributed by atoms with Crippen molar-refractivity contribution in [3.05, 3.63) is 64.7 Å². The van der Waals surface area contributed by atoms with Gasteiger partial charge in [0.2, 0.25) is 5.91 Å². The maximum absolute atomic E-state index is 12.1. The number of halogens is 1. The third-order valence-corrected chi connectivity index (χ3v) is 4.19. The smallest absolute Gasteiger partial charge is 0.338 e. The molecule has 1 aliphatic heterocycles. The fraction of sp³-hybridized carbons (Fsp3) is 0.211. The Morgan fingerprint density at radius 2 is 1.81 bits per heavy atom. The number of carbonyl (C=O) groups is 3. The van der Waals surface area contributed by atoms with Crippen LogP contribution in [0.5, 0.6) is 5.75 Å². The molecule has 0 saturated carbocycles. The minimum atomic E-state index is -0.487. The number of esters is 1. The highest BCUT2D eigenvalue weighted by molar-refractivity contribution is 6.32. The molecule has 3 rings (SSSR count). The first kappa shape index (κ1) is 18.7. The molecule has 0 spiro atoms. The molecule has 0 aromatic heterocycles. The standard InChI is InChI=1S/C19H17ClN2O5/c20-15-3-1-2-4-16(15)26-9-10-27-18(24)14-7-5-13(6-8-14)12-22-17(23)11-21-19(22)25/h1-8H,9-12H2,(H,21,25). The summed E-state index contributed by atoms with van der Waals surface area (Å²) in [6, 6.07) is 13.2. The summed E-state index contributed by atoms with van der Waals surface area (Å²) in [6.45, 7) is 0.430. The average molecular weight is 389 g/mol. The minimum absolute atomic E-state index is 0.0134. The van der Waals surface area contributed by atoms with E-state index in [0.29, 0.717) is 16.3 Å². The summed E-state index contributed by atoms with van der Waals surface area (Å²) in [5.41, 5.74) is 1.10. The maximum atomic E-state index is 12.1. The minimum Gasteiger partial charge on any atom is -0.488 e. The summed E-state index contributed by atoms with van der Waals surface area (Å²) in [5, 5.41) is 2.95. The van der Waals surface area contributed by atoms with Crippen LogP contribution < -0.4 is 10.1 Å². The number of para-hydroxylation sites is 1. The van der Waals surface area contributed by atoms with Crippen LogP contribution in [-0.2, 0) is 16.1 Å². The van der Waals surface area contributed by atoms with Crippen molar-refractivity contribution in [3.63, 3.8) is 0 Å². The van der Waals surface area contributed by atoms with Crippen LogP contribution in [0.3, 0.4) is 0 Å². The Kier molecular flexibility index (Phi) is 5.93. The molecule has 7 nitrogen and oxygen atoms in total. The first-order valence-corrected chi connectivity index (χ1v) is 8.64. The van der Waals surface area contributed by atoms with Gasteiger partial charge >= 0.3 is 12.0 Å². The molecule has 1 aliphatic rings. The Bertz CT molecular complexity index is 837. The van der Waals surface area contributed by atoms with Crippen LogP contribution >= 0.6 is 11.6 Å². The van der Waals surface area contributed by atoms with E-state index in [0.717, 1.165) is 10.5 Å². The van der Waals surface area contributed by atoms with Crippen LogP contribution in [-0.4, -0.2) is 42.6 Å². The second kappa shape index (κ2) is 8.55. The Balaban J connectivity index is 1.47. The summed E-state index contributed by atoms with van der Waals surface area (Å²) in [4.78, 5) is 36.3. The molecule has 8 heteroatoms. The number of benzene rings is 2. The number of rotatable bonds is 7. The van der Waals surface area contributed by atoms with Gasteiger partial charge in [0.1, 0.15) is 19.0 Å². The lowest BCUT2D eigenvalue weighted by atomic mass is 10.1. The number of carbonyl (C=O) groups excluding carboxylic acids is 3. The fourth-order valence-corrected chi connectivity index (χ4v) is 2.67. The number of hydrogen-bond acceptors (Lipinski definition) is 5. The monoisotopic (exact) mass is 388 g/mol. The van der Waals surface area contributed by atoms with Crippen molar-refractivity contribution in [2.45, 2.75) is 6.54 Å². The highest BCUT2D eigenvalue weighted by atomic mass is 35.5. The molecule has 1 N–H and O–H groups in total. The van der Waals surface area contributed by atoms with Gasteiger partial charge in [0.15, 0.2) is 0 Å². The largest absolute Gasteiger partial charge is 0.488 e. The van der Waals surface area contributed by atoms with Crippen LogP contribution in [0, 0.1) is 0 Å². The zero-order chi connectivity index (χ0) is 19.2. The molecular formula is C19H17ClN2O5. The van der Waals surface area contributed by atoms with E-state index in [1.54, 1.807) is 48.5 Å². The van der Waals surface area contributed by atoms with Crippen LogP contribution in [0.1, 0.15) is 15.9 Å². The highest BCUT2D eigenvalue weighted by Crippen LogP contribution is 2.22. The van der Waals surface area contributed by atoms with E-state index in [4.69, 9.17) is 21.1 Å². The van der Waals surface area contributed by atoms with Crippen molar-refractivity contribution < 1.29 is 23.9 Å². The molecule has 2 aromatic rings. The number of urea groups is 1. The summed E-state index contributed by atoms with van der Waals surface area (Å²) in [6.07, 6.45) is 0. The molecule has 0 atom stereocenters. The fourth-order valence-electron chi connectivity index (χ4n) is 2.48. The van der Waals surface area contributed by atoms with Gasteiger partial charge in [-0.05, 0) is 29.8 Å². The summed E-state index contributed by atoms with van der Waals surface area (Å²) >= 11 is 5.97. The van der Waals surface area contributed by atoms with Gasteiger partial charge in [-0.3, -0.25) is 9.69 Å². The first-order valence-electron chi connectivity index (χ1n) is 8.26. The average Bonchev–Trinajstić information content (AvgIpc) is 2.99. The van der Waals surface area contributed by atoms with E-state index in [1.807, 2.05) is 0 Å². The third-order valence-electron chi connectivity index (χ3n) is 3.88. The van der Waals surface area contributed by atoms with Gasteiger partial charge in [-0.2, -0.15) is 0 Å². The Labute approximate surface area is 160 Å². The van der Waals surface area contributed by atoms with Crippen molar-refractivity contribution in [2.75, 3.05) is 19.8 Å². The van der Waals surface area contributed by atoms with Crippen molar-refractivity contribution >= 4 is 29.5 Å². The van der Waals surface area contributed by atoms with Gasteiger partial charge < -0.3 is 14.8 Å². The van der Waals surface area contributed by atoms with Gasteiger partial charge in [-0.15, -0.1) is 0 Å². The summed E-state index contributed by atoms with van der Waals surface area (Å²) in [7, 11) is 0. The van der Waals surface area contributed by atoms with Crippen LogP contribution in [0.15, 0.2) is 48.5 Å². The molecule has 27 heavy (non-hydrogen) atoms. The number of imide groups is 1. The van der Waals surface area contributed by atoms with Gasteiger partial charge in [0.25, 0.3) is 0 Å². The zero-order valence-corrected chi connectivity index (χ0v) is 15.1. The van der Waals surface area contributed by atoms with Crippen molar-refractivity contribution in [3.8, 4) is 5.75 Å². The Hall–Kier alpha value is -3.06. The van der Waals surface area contributed by atoms with Crippen LogP contribution in [0.25, 0.3) is 0 Å². The molecule has 1 saturated heterocycles. The second-order valence-corrected chi connectivity index (χ2v) is 6.16. The zero-order valence-electron chi connectivity index (χ0n) is 14.3. The molecule has 140 valence electrons. The van der Waals surface area contributed by atoms with Gasteiger partial charge in [0.05, 0.1) is 23.7 Å². The Morgan fingerprint density at radius 1 is 1.07 bits per heavy atom. The van der Waals surface area contributed by atoms with E-state index in [9.17, 15) is 14.4 Å². The predicted octanol–water partition coefficient (Wildman–Crippen LogP) is 2.63. The Morgan fingerprint density at radius 3 is 2.48 bits per heavy atom. The van der Waals surface area contributed by atoms with Crippen LogP contribution in [0.2, 0.25) is 5.02 Å². The lowest BCUT2D eigenvalue weighted by molar-refractivity contribution is -0.125. The number of ether oxygens (including phenoxy) is 2. The second-order valence-electron chi connectivity index (χ2n) is 5.75. The molecule has 3 amide bonds. The molecular weight excluding hydrogens is 372 g/mol. The maximum Gasteiger partial charge on any atom is 0.338 e. The lowest BCUT2D eigenvalue weighted by Gasteiger charge is -2.12.